The molecule has 3 fully saturated rings. The summed E-state index contributed by atoms with van der Waals surface area (Å²) >= 11 is 0. The van der Waals surface area contributed by atoms with E-state index in [9.17, 15) is 33.9 Å². The highest BCUT2D eigenvalue weighted by Gasteiger charge is 2.36. The number of nitrogens with one attached hydrogen (secondary N) is 2. The summed E-state index contributed by atoms with van der Waals surface area (Å²) in [4.78, 5) is 79.2. The zero-order chi connectivity index (χ0) is 32.8. The SMILES string of the molecule is O=C(O)CC(NC(=O)c1cc(OCC(=O)N2CCCC2C(=O)NCC2CC2)n(-c2ccccc2)n1)C(=O)N1CCN(C(=O)O)CC1. The number of hydrogen-bond acceptors (Lipinski definition) is 8. The van der Waals surface area contributed by atoms with Crippen LogP contribution in [0.15, 0.2) is 36.4 Å². The van der Waals surface area contributed by atoms with Crippen LogP contribution in [0.25, 0.3) is 5.69 Å². The van der Waals surface area contributed by atoms with Crippen LogP contribution in [0.2, 0.25) is 0 Å². The van der Waals surface area contributed by atoms with Crippen molar-refractivity contribution in [2.45, 2.75) is 44.2 Å². The van der Waals surface area contributed by atoms with Crippen LogP contribution in [-0.4, -0.2) is 128 Å². The van der Waals surface area contributed by atoms with Crippen molar-refractivity contribution < 1.29 is 43.7 Å². The lowest BCUT2D eigenvalue weighted by Crippen LogP contribution is -2.56. The Bertz CT molecular complexity index is 1470. The first-order chi connectivity index (χ1) is 22.1. The lowest BCUT2D eigenvalue weighted by atomic mass is 10.1. The third kappa shape index (κ3) is 7.92. The van der Waals surface area contributed by atoms with Crippen molar-refractivity contribution in [1.29, 1.82) is 0 Å². The number of hydrogen-bond donors (Lipinski definition) is 4. The summed E-state index contributed by atoms with van der Waals surface area (Å²) in [7, 11) is 0. The van der Waals surface area contributed by atoms with Crippen LogP contribution < -0.4 is 15.4 Å². The molecule has 1 saturated carbocycles. The van der Waals surface area contributed by atoms with E-state index in [0.29, 0.717) is 37.5 Å². The van der Waals surface area contributed by atoms with Crippen LogP contribution in [0.3, 0.4) is 0 Å². The molecule has 3 aliphatic rings. The molecule has 46 heavy (non-hydrogen) atoms. The minimum absolute atomic E-state index is 0.0459. The average molecular weight is 640 g/mol. The fourth-order valence-corrected chi connectivity index (χ4v) is 5.52. The van der Waals surface area contributed by atoms with Crippen molar-refractivity contribution in [2.24, 2.45) is 5.92 Å². The van der Waals surface area contributed by atoms with Gasteiger partial charge in [0.15, 0.2) is 12.3 Å². The number of carbonyl (C=O) groups is 6. The standard InChI is InChI=1S/C30H37N7O9/c38-24(36-10-4-7-23(36)28(42)31-17-19-8-9-19)18-46-25-15-21(33-37(25)20-5-2-1-3-6-20)27(41)32-22(16-26(39)40)29(43)34-11-13-35(14-12-34)30(44)45/h1-3,5-6,15,19,22-23H,4,7-14,16-18H2,(H,31,42)(H,32,41)(H,39,40)(H,44,45). The van der Waals surface area contributed by atoms with E-state index in [0.717, 1.165) is 17.7 Å². The molecular formula is C30H37N7O9. The van der Waals surface area contributed by atoms with E-state index >= 15 is 0 Å². The molecular weight excluding hydrogens is 602 g/mol. The van der Waals surface area contributed by atoms with Crippen molar-refractivity contribution in [3.63, 3.8) is 0 Å². The summed E-state index contributed by atoms with van der Waals surface area (Å²) in [5.41, 5.74) is 0.320. The molecule has 3 heterocycles. The van der Waals surface area contributed by atoms with E-state index in [1.807, 2.05) is 0 Å². The second-order valence-electron chi connectivity index (χ2n) is 11.6. The lowest BCUT2D eigenvalue weighted by Gasteiger charge is -2.35. The first-order valence-corrected chi connectivity index (χ1v) is 15.3. The summed E-state index contributed by atoms with van der Waals surface area (Å²) in [6, 6.07) is 7.95. The van der Waals surface area contributed by atoms with Gasteiger partial charge in [0.05, 0.1) is 12.1 Å². The monoisotopic (exact) mass is 639 g/mol. The summed E-state index contributed by atoms with van der Waals surface area (Å²) in [6.07, 6.45) is 1.61. The smallest absolute Gasteiger partial charge is 0.407 e. The van der Waals surface area contributed by atoms with Crippen molar-refractivity contribution in [3.05, 3.63) is 42.1 Å². The quantitative estimate of drug-likeness (QED) is 0.248. The molecule has 4 N–H and O–H groups in total. The molecule has 2 unspecified atom stereocenters. The number of rotatable bonds is 12. The van der Waals surface area contributed by atoms with E-state index in [-0.39, 0.29) is 43.7 Å². The Morgan fingerprint density at radius 2 is 1.63 bits per heavy atom. The van der Waals surface area contributed by atoms with Crippen LogP contribution in [0, 0.1) is 5.92 Å². The molecule has 2 saturated heterocycles. The third-order valence-corrected chi connectivity index (χ3v) is 8.24. The molecule has 246 valence electrons. The van der Waals surface area contributed by atoms with Gasteiger partial charge in [-0.25, -0.2) is 9.48 Å². The fourth-order valence-electron chi connectivity index (χ4n) is 5.52. The third-order valence-electron chi connectivity index (χ3n) is 8.24. The van der Waals surface area contributed by atoms with Crippen molar-refractivity contribution in [2.75, 3.05) is 45.9 Å². The Kier molecular flexibility index (Phi) is 10.0. The summed E-state index contributed by atoms with van der Waals surface area (Å²) in [5.74, 6) is -2.85. The first-order valence-electron chi connectivity index (χ1n) is 15.3. The van der Waals surface area contributed by atoms with Gasteiger partial charge in [0.1, 0.15) is 12.1 Å². The molecule has 1 aliphatic carbocycles. The predicted octanol–water partition coefficient (Wildman–Crippen LogP) is 0.164. The van der Waals surface area contributed by atoms with E-state index in [1.54, 1.807) is 30.3 Å². The minimum atomic E-state index is -1.44. The maximum absolute atomic E-state index is 13.3. The zero-order valence-corrected chi connectivity index (χ0v) is 25.2. The number of carboxylic acid groups (broad SMARTS) is 2. The number of aliphatic carboxylic acids is 1. The topological polar surface area (TPSA) is 204 Å². The van der Waals surface area contributed by atoms with Crippen LogP contribution in [0.1, 0.15) is 42.6 Å². The number of ether oxygens (including phenoxy) is 1. The maximum atomic E-state index is 13.3. The van der Waals surface area contributed by atoms with E-state index in [2.05, 4.69) is 15.7 Å². The van der Waals surface area contributed by atoms with E-state index < -0.39 is 54.9 Å². The highest BCUT2D eigenvalue weighted by atomic mass is 16.5. The maximum Gasteiger partial charge on any atom is 0.407 e. The minimum Gasteiger partial charge on any atom is -0.481 e. The number of piperazine rings is 1. The average Bonchev–Trinajstić information content (AvgIpc) is 3.56. The number of para-hydroxylation sites is 1. The number of likely N-dealkylation sites (tertiary alicyclic amines) is 1. The zero-order valence-electron chi connectivity index (χ0n) is 25.2. The Hall–Kier alpha value is -5.15. The number of carbonyl (C=O) groups excluding carboxylic acids is 4. The van der Waals surface area contributed by atoms with E-state index in [1.165, 1.54) is 20.5 Å². The first kappa shape index (κ1) is 32.2. The highest BCUT2D eigenvalue weighted by Crippen LogP contribution is 2.28. The normalized spacial score (nSPS) is 18.5. The number of aromatic nitrogens is 2. The van der Waals surface area contributed by atoms with Gasteiger partial charge >= 0.3 is 12.1 Å². The predicted molar refractivity (Wildman–Crippen MR) is 159 cm³/mol. The second-order valence-corrected chi connectivity index (χ2v) is 11.6. The number of amides is 5. The molecule has 5 amide bonds. The molecule has 16 heteroatoms. The molecule has 1 aromatic carbocycles. The Balaban J connectivity index is 1.28. The van der Waals surface area contributed by atoms with Gasteiger partial charge in [0.2, 0.25) is 17.7 Å². The summed E-state index contributed by atoms with van der Waals surface area (Å²) < 4.78 is 7.16. The number of carboxylic acids is 1. The molecule has 0 radical (unpaired) electrons. The molecule has 2 atom stereocenters. The van der Waals surface area contributed by atoms with Gasteiger partial charge in [-0.3, -0.25) is 24.0 Å². The van der Waals surface area contributed by atoms with Gasteiger partial charge in [-0.2, -0.15) is 5.10 Å². The van der Waals surface area contributed by atoms with Gasteiger partial charge in [-0.1, -0.05) is 18.2 Å². The fraction of sp³-hybridized carbons (Fsp3) is 0.500. The second kappa shape index (κ2) is 14.3. The van der Waals surface area contributed by atoms with Crippen molar-refractivity contribution in [3.8, 4) is 11.6 Å². The van der Waals surface area contributed by atoms with Gasteiger partial charge in [0, 0.05) is 45.3 Å². The van der Waals surface area contributed by atoms with Crippen LogP contribution in [0.5, 0.6) is 5.88 Å². The van der Waals surface area contributed by atoms with Crippen LogP contribution >= 0.6 is 0 Å². The van der Waals surface area contributed by atoms with Crippen molar-refractivity contribution in [1.82, 2.24) is 35.1 Å². The molecule has 2 aromatic rings. The molecule has 0 bridgehead atoms. The van der Waals surface area contributed by atoms with Gasteiger partial charge in [-0.15, -0.1) is 0 Å². The molecule has 1 aromatic heterocycles. The Morgan fingerprint density at radius 1 is 0.935 bits per heavy atom. The molecule has 16 nitrogen and oxygen atoms in total. The van der Waals surface area contributed by atoms with Crippen molar-refractivity contribution >= 4 is 35.7 Å². The lowest BCUT2D eigenvalue weighted by molar-refractivity contribution is -0.143. The Morgan fingerprint density at radius 3 is 2.28 bits per heavy atom. The summed E-state index contributed by atoms with van der Waals surface area (Å²) in [6.45, 7) is 0.805. The van der Waals surface area contributed by atoms with Gasteiger partial charge in [-0.05, 0) is 43.7 Å². The summed E-state index contributed by atoms with van der Waals surface area (Å²) in [5, 5.41) is 28.3. The molecule has 2 aliphatic heterocycles. The number of nitrogens with zero attached hydrogens (tertiary/aromatic N) is 5. The molecule has 5 rings (SSSR count). The largest absolute Gasteiger partial charge is 0.481 e. The van der Waals surface area contributed by atoms with Crippen LogP contribution in [0.4, 0.5) is 4.79 Å². The number of benzene rings is 1. The Labute approximate surface area is 264 Å². The van der Waals surface area contributed by atoms with E-state index in [4.69, 9.17) is 9.84 Å². The van der Waals surface area contributed by atoms with Gasteiger partial charge < -0.3 is 40.3 Å². The van der Waals surface area contributed by atoms with Gasteiger partial charge in [0.25, 0.3) is 11.8 Å². The molecule has 0 spiro atoms. The highest BCUT2D eigenvalue weighted by molar-refractivity contribution is 5.97. The van der Waals surface area contributed by atoms with Crippen LogP contribution in [-0.2, 0) is 19.2 Å².